The van der Waals surface area contributed by atoms with Crippen molar-refractivity contribution in [3.63, 3.8) is 0 Å². The summed E-state index contributed by atoms with van der Waals surface area (Å²) in [4.78, 5) is 17.0. The van der Waals surface area contributed by atoms with E-state index in [0.717, 1.165) is 33.5 Å². The van der Waals surface area contributed by atoms with Crippen LogP contribution in [0.5, 0.6) is 0 Å². The van der Waals surface area contributed by atoms with E-state index in [1.807, 2.05) is 42.6 Å². The predicted molar refractivity (Wildman–Crippen MR) is 103 cm³/mol. The number of nitrogens with one attached hydrogen (secondary N) is 1. The Bertz CT molecular complexity index is 1150. The van der Waals surface area contributed by atoms with E-state index >= 15 is 0 Å². The topological polar surface area (TPSA) is 59.3 Å². The second-order valence-corrected chi connectivity index (χ2v) is 6.57. The highest BCUT2D eigenvalue weighted by Crippen LogP contribution is 2.23. The molecule has 0 atom stereocenters. The molecule has 1 N–H and O–H groups in total. The van der Waals surface area contributed by atoms with Crippen molar-refractivity contribution in [3.8, 4) is 0 Å². The average molecular weight is 362 g/mol. The maximum Gasteiger partial charge on any atom is 0.224 e. The molecule has 5 nitrogen and oxygen atoms in total. The molecule has 2 aromatic heterocycles. The van der Waals surface area contributed by atoms with Crippen LogP contribution in [0.1, 0.15) is 23.4 Å². The van der Waals surface area contributed by atoms with Crippen molar-refractivity contribution >= 4 is 28.1 Å². The van der Waals surface area contributed by atoms with Crippen LogP contribution in [-0.4, -0.2) is 20.5 Å². The monoisotopic (exact) mass is 362 g/mol. The van der Waals surface area contributed by atoms with E-state index in [1.165, 1.54) is 12.1 Å². The van der Waals surface area contributed by atoms with Gasteiger partial charge >= 0.3 is 0 Å². The summed E-state index contributed by atoms with van der Waals surface area (Å²) in [7, 11) is 0. The predicted octanol–water partition coefficient (Wildman–Crippen LogP) is 4.21. The maximum absolute atomic E-state index is 13.0. The highest BCUT2D eigenvalue weighted by atomic mass is 19.1. The molecular formula is C21H19FN4O. The van der Waals surface area contributed by atoms with Crippen LogP contribution in [0.15, 0.2) is 48.5 Å². The number of rotatable bonds is 4. The molecule has 27 heavy (non-hydrogen) atoms. The van der Waals surface area contributed by atoms with Gasteiger partial charge in [-0.05, 0) is 62.2 Å². The van der Waals surface area contributed by atoms with Gasteiger partial charge in [0.25, 0.3) is 0 Å². The number of hydrogen-bond acceptors (Lipinski definition) is 3. The summed E-state index contributed by atoms with van der Waals surface area (Å²) in [5.74, 6) is -0.448. The molecule has 4 aromatic rings. The Kier molecular flexibility index (Phi) is 4.32. The zero-order valence-corrected chi connectivity index (χ0v) is 15.2. The number of anilines is 1. The molecule has 6 heteroatoms. The molecule has 0 fully saturated rings. The maximum atomic E-state index is 13.0. The van der Waals surface area contributed by atoms with Crippen molar-refractivity contribution in [3.05, 3.63) is 71.3 Å². The van der Waals surface area contributed by atoms with Crippen molar-refractivity contribution in [2.24, 2.45) is 0 Å². The first-order valence-electron chi connectivity index (χ1n) is 8.82. The van der Waals surface area contributed by atoms with Crippen LogP contribution in [0.25, 0.3) is 16.6 Å². The minimum Gasteiger partial charge on any atom is -0.326 e. The van der Waals surface area contributed by atoms with Gasteiger partial charge in [-0.25, -0.2) is 13.9 Å². The van der Waals surface area contributed by atoms with Crippen LogP contribution in [0, 0.1) is 19.7 Å². The first kappa shape index (κ1) is 17.1. The smallest absolute Gasteiger partial charge is 0.224 e. The van der Waals surface area contributed by atoms with E-state index in [9.17, 15) is 9.18 Å². The molecule has 0 aliphatic heterocycles. The van der Waals surface area contributed by atoms with Gasteiger partial charge in [0.1, 0.15) is 5.82 Å². The number of aryl methyl sites for hydroxylation is 2. The number of carbonyl (C=O) groups excluding carboxylic acids is 1. The van der Waals surface area contributed by atoms with E-state index in [0.29, 0.717) is 18.5 Å². The molecule has 0 bridgehead atoms. The fourth-order valence-corrected chi connectivity index (χ4v) is 3.33. The van der Waals surface area contributed by atoms with E-state index in [2.05, 4.69) is 10.4 Å². The Morgan fingerprint density at radius 3 is 2.63 bits per heavy atom. The second kappa shape index (κ2) is 6.79. The van der Waals surface area contributed by atoms with E-state index in [-0.39, 0.29) is 11.7 Å². The highest BCUT2D eigenvalue weighted by Gasteiger charge is 2.15. The van der Waals surface area contributed by atoms with Crippen LogP contribution in [0.3, 0.4) is 0 Å². The molecular weight excluding hydrogens is 343 g/mol. The van der Waals surface area contributed by atoms with Gasteiger partial charge in [0.05, 0.1) is 5.52 Å². The number of carbonyl (C=O) groups is 1. The fraction of sp³-hybridized carbons (Fsp3) is 0.190. The molecule has 4 rings (SSSR count). The average Bonchev–Trinajstić information content (AvgIpc) is 3.02. The molecule has 0 unspecified atom stereocenters. The molecule has 0 saturated heterocycles. The Balaban J connectivity index is 1.57. The summed E-state index contributed by atoms with van der Waals surface area (Å²) in [5, 5.41) is 8.44. The molecule has 0 radical (unpaired) electrons. The van der Waals surface area contributed by atoms with Gasteiger partial charge in [-0.1, -0.05) is 12.1 Å². The number of nitrogens with zero attached hydrogens (tertiary/aromatic N) is 3. The van der Waals surface area contributed by atoms with Crippen LogP contribution >= 0.6 is 0 Å². The quantitative estimate of drug-likeness (QED) is 0.592. The van der Waals surface area contributed by atoms with E-state index in [4.69, 9.17) is 4.98 Å². The molecule has 2 aromatic carbocycles. The Hall–Kier alpha value is -3.28. The van der Waals surface area contributed by atoms with E-state index < -0.39 is 0 Å². The van der Waals surface area contributed by atoms with Crippen LogP contribution in [-0.2, 0) is 11.2 Å². The van der Waals surface area contributed by atoms with Gasteiger partial charge < -0.3 is 5.32 Å². The third-order valence-electron chi connectivity index (χ3n) is 4.75. The lowest BCUT2D eigenvalue weighted by Gasteiger charge is -2.11. The highest BCUT2D eigenvalue weighted by molar-refractivity contribution is 5.92. The first-order valence-corrected chi connectivity index (χ1v) is 8.82. The largest absolute Gasteiger partial charge is 0.326 e. The summed E-state index contributed by atoms with van der Waals surface area (Å²) in [5.41, 5.74) is 5.23. The fourth-order valence-electron chi connectivity index (χ4n) is 3.33. The number of aromatic nitrogens is 3. The SMILES string of the molecule is Cc1nc2c3ccccc3nn2c(C)c1CCC(=O)Nc1ccc(F)cc1. The Labute approximate surface area is 155 Å². The standard InChI is InChI=1S/C21H19FN4O/c1-13-17(11-12-20(27)24-16-9-7-15(22)8-10-16)14(2)26-21(23-13)18-5-3-4-6-19(18)25-26/h3-10H,11-12H2,1-2H3,(H,24,27). The van der Waals surface area contributed by atoms with Gasteiger partial charge in [0.2, 0.25) is 5.91 Å². The van der Waals surface area contributed by atoms with Crippen molar-refractivity contribution < 1.29 is 9.18 Å². The summed E-state index contributed by atoms with van der Waals surface area (Å²) in [6.07, 6.45) is 0.872. The lowest BCUT2D eigenvalue weighted by atomic mass is 10.1. The van der Waals surface area contributed by atoms with Crippen LogP contribution in [0.4, 0.5) is 10.1 Å². The van der Waals surface area contributed by atoms with Gasteiger partial charge in [-0.15, -0.1) is 0 Å². The molecule has 0 aliphatic carbocycles. The zero-order valence-electron chi connectivity index (χ0n) is 15.2. The van der Waals surface area contributed by atoms with Gasteiger partial charge in [0.15, 0.2) is 5.65 Å². The van der Waals surface area contributed by atoms with Crippen molar-refractivity contribution in [1.29, 1.82) is 0 Å². The second-order valence-electron chi connectivity index (χ2n) is 6.57. The zero-order chi connectivity index (χ0) is 19.0. The number of hydrogen-bond donors (Lipinski definition) is 1. The first-order chi connectivity index (χ1) is 13.0. The summed E-state index contributed by atoms with van der Waals surface area (Å²) in [6.45, 7) is 3.96. The molecule has 1 amide bonds. The van der Waals surface area contributed by atoms with Crippen LogP contribution < -0.4 is 5.32 Å². The summed E-state index contributed by atoms with van der Waals surface area (Å²) >= 11 is 0. The van der Waals surface area contributed by atoms with Crippen molar-refractivity contribution in [1.82, 2.24) is 14.6 Å². The number of amides is 1. The number of fused-ring (bicyclic) bond motifs is 3. The third kappa shape index (κ3) is 3.26. The van der Waals surface area contributed by atoms with E-state index in [1.54, 1.807) is 12.1 Å². The Morgan fingerprint density at radius 2 is 1.85 bits per heavy atom. The molecule has 0 saturated carbocycles. The summed E-state index contributed by atoms with van der Waals surface area (Å²) < 4.78 is 14.8. The molecule has 0 aliphatic rings. The number of benzene rings is 2. The lowest BCUT2D eigenvalue weighted by molar-refractivity contribution is -0.116. The normalized spacial score (nSPS) is 11.2. The van der Waals surface area contributed by atoms with Gasteiger partial charge in [-0.2, -0.15) is 5.10 Å². The summed E-state index contributed by atoms with van der Waals surface area (Å²) in [6, 6.07) is 13.7. The lowest BCUT2D eigenvalue weighted by Crippen LogP contribution is -2.14. The third-order valence-corrected chi connectivity index (χ3v) is 4.75. The van der Waals surface area contributed by atoms with Gasteiger partial charge in [0, 0.05) is 28.9 Å². The van der Waals surface area contributed by atoms with Crippen LogP contribution in [0.2, 0.25) is 0 Å². The number of halogens is 1. The van der Waals surface area contributed by atoms with Crippen molar-refractivity contribution in [2.75, 3.05) is 5.32 Å². The minimum absolute atomic E-state index is 0.119. The molecule has 0 spiro atoms. The Morgan fingerprint density at radius 1 is 1.11 bits per heavy atom. The minimum atomic E-state index is -0.328. The molecule has 2 heterocycles. The van der Waals surface area contributed by atoms with Crippen molar-refractivity contribution in [2.45, 2.75) is 26.7 Å². The van der Waals surface area contributed by atoms with Gasteiger partial charge in [-0.3, -0.25) is 4.79 Å². The molecule has 136 valence electrons.